The van der Waals surface area contributed by atoms with E-state index in [4.69, 9.17) is 0 Å². The molecule has 108 valence electrons. The van der Waals surface area contributed by atoms with Crippen molar-refractivity contribution in [1.29, 1.82) is 0 Å². The van der Waals surface area contributed by atoms with Gasteiger partial charge in [0.1, 0.15) is 0 Å². The van der Waals surface area contributed by atoms with Crippen LogP contribution in [0.25, 0.3) is 11.6 Å². The first kappa shape index (κ1) is 14.3. The van der Waals surface area contributed by atoms with E-state index in [0.29, 0.717) is 0 Å². The van der Waals surface area contributed by atoms with Crippen LogP contribution in [0.3, 0.4) is 0 Å². The van der Waals surface area contributed by atoms with Crippen LogP contribution in [-0.4, -0.2) is 0 Å². The standard InChI is InChI=1S/C22H20/c1-4-10-19(11-5-1)16-17-22(21-14-8-3-9-15-21)18-20-12-6-2-7-13-20/h1-15,18H,16-17H2. The van der Waals surface area contributed by atoms with Gasteiger partial charge in [-0.3, -0.25) is 0 Å². The molecule has 3 aromatic rings. The Morgan fingerprint density at radius 1 is 0.636 bits per heavy atom. The van der Waals surface area contributed by atoms with E-state index in [1.807, 2.05) is 0 Å². The molecule has 0 saturated heterocycles. The van der Waals surface area contributed by atoms with Gasteiger partial charge in [-0.05, 0) is 35.1 Å². The molecule has 0 saturated carbocycles. The lowest BCUT2D eigenvalue weighted by molar-refractivity contribution is 1.02. The summed E-state index contributed by atoms with van der Waals surface area (Å²) in [6.45, 7) is 0. The maximum atomic E-state index is 2.30. The van der Waals surface area contributed by atoms with E-state index < -0.39 is 0 Å². The lowest BCUT2D eigenvalue weighted by Crippen LogP contribution is -1.90. The Labute approximate surface area is 132 Å². The zero-order chi connectivity index (χ0) is 15.0. The second-order valence-electron chi connectivity index (χ2n) is 5.43. The summed E-state index contributed by atoms with van der Waals surface area (Å²) in [5.74, 6) is 0. The highest BCUT2D eigenvalue weighted by atomic mass is 14.1. The third-order valence-corrected chi connectivity index (χ3v) is 3.81. The van der Waals surface area contributed by atoms with Gasteiger partial charge in [0.05, 0.1) is 0 Å². The number of hydrogen-bond donors (Lipinski definition) is 0. The fourth-order valence-corrected chi connectivity index (χ4v) is 2.63. The van der Waals surface area contributed by atoms with Crippen molar-refractivity contribution in [2.45, 2.75) is 12.8 Å². The average Bonchev–Trinajstić information content (AvgIpc) is 2.61. The van der Waals surface area contributed by atoms with Gasteiger partial charge in [0.2, 0.25) is 0 Å². The van der Waals surface area contributed by atoms with Gasteiger partial charge in [-0.1, -0.05) is 97.1 Å². The molecule has 3 aromatic carbocycles. The molecule has 0 heterocycles. The predicted octanol–water partition coefficient (Wildman–Crippen LogP) is 5.86. The molecule has 22 heavy (non-hydrogen) atoms. The Bertz CT molecular complexity index is 710. The quantitative estimate of drug-likeness (QED) is 0.515. The Morgan fingerprint density at radius 2 is 1.18 bits per heavy atom. The van der Waals surface area contributed by atoms with Gasteiger partial charge < -0.3 is 0 Å². The first-order valence-electron chi connectivity index (χ1n) is 7.77. The lowest BCUT2D eigenvalue weighted by atomic mass is 9.96. The molecule has 0 aliphatic rings. The number of hydrogen-bond acceptors (Lipinski definition) is 0. The number of allylic oxidation sites excluding steroid dienone is 1. The predicted molar refractivity (Wildman–Crippen MR) is 95.5 cm³/mol. The third kappa shape index (κ3) is 3.95. The summed E-state index contributed by atoms with van der Waals surface area (Å²) in [4.78, 5) is 0. The van der Waals surface area contributed by atoms with Crippen LogP contribution >= 0.6 is 0 Å². The van der Waals surface area contributed by atoms with Crippen molar-refractivity contribution >= 4 is 11.6 Å². The maximum Gasteiger partial charge on any atom is -0.0224 e. The van der Waals surface area contributed by atoms with Crippen molar-refractivity contribution in [3.8, 4) is 0 Å². The lowest BCUT2D eigenvalue weighted by Gasteiger charge is -2.09. The summed E-state index contributed by atoms with van der Waals surface area (Å²) in [6, 6.07) is 31.9. The highest BCUT2D eigenvalue weighted by Crippen LogP contribution is 2.23. The summed E-state index contributed by atoms with van der Waals surface area (Å²) in [7, 11) is 0. The molecule has 0 heteroatoms. The average molecular weight is 284 g/mol. The first-order chi connectivity index (χ1) is 10.9. The van der Waals surface area contributed by atoms with Gasteiger partial charge >= 0.3 is 0 Å². The Kier molecular flexibility index (Phi) is 4.84. The minimum absolute atomic E-state index is 1.04. The van der Waals surface area contributed by atoms with Crippen molar-refractivity contribution in [1.82, 2.24) is 0 Å². The van der Waals surface area contributed by atoms with Crippen LogP contribution in [0.1, 0.15) is 23.1 Å². The molecule has 0 nitrogen and oxygen atoms in total. The van der Waals surface area contributed by atoms with Gasteiger partial charge in [0.15, 0.2) is 0 Å². The van der Waals surface area contributed by atoms with Crippen molar-refractivity contribution in [3.05, 3.63) is 108 Å². The van der Waals surface area contributed by atoms with E-state index in [0.717, 1.165) is 12.8 Å². The Morgan fingerprint density at radius 3 is 1.82 bits per heavy atom. The minimum atomic E-state index is 1.04. The monoisotopic (exact) mass is 284 g/mol. The Balaban J connectivity index is 1.85. The Hall–Kier alpha value is -2.60. The SMILES string of the molecule is C(=C(CCc1ccccc1)c1ccccc1)c1ccccc1. The molecule has 0 atom stereocenters. The van der Waals surface area contributed by atoms with Crippen LogP contribution in [0, 0.1) is 0 Å². The van der Waals surface area contributed by atoms with E-state index in [9.17, 15) is 0 Å². The van der Waals surface area contributed by atoms with Crippen LogP contribution in [0.4, 0.5) is 0 Å². The molecule has 0 aliphatic carbocycles. The smallest absolute Gasteiger partial charge is 0.0224 e. The molecule has 0 bridgehead atoms. The summed E-state index contributed by atoms with van der Waals surface area (Å²) in [6.07, 6.45) is 4.41. The van der Waals surface area contributed by atoms with Crippen LogP contribution in [0.15, 0.2) is 91.0 Å². The largest absolute Gasteiger partial charge is 0.0622 e. The highest BCUT2D eigenvalue weighted by Gasteiger charge is 2.03. The van der Waals surface area contributed by atoms with Crippen molar-refractivity contribution in [3.63, 3.8) is 0 Å². The molecule has 0 radical (unpaired) electrons. The van der Waals surface area contributed by atoms with Gasteiger partial charge in [0.25, 0.3) is 0 Å². The van der Waals surface area contributed by atoms with E-state index in [1.165, 1.54) is 22.3 Å². The molecule has 0 spiro atoms. The van der Waals surface area contributed by atoms with Crippen LogP contribution in [0.5, 0.6) is 0 Å². The first-order valence-corrected chi connectivity index (χ1v) is 7.77. The number of aryl methyl sites for hydroxylation is 1. The summed E-state index contributed by atoms with van der Waals surface area (Å²) in [5, 5.41) is 0. The minimum Gasteiger partial charge on any atom is -0.0622 e. The summed E-state index contributed by atoms with van der Waals surface area (Å²) >= 11 is 0. The number of rotatable bonds is 5. The second-order valence-corrected chi connectivity index (χ2v) is 5.43. The fraction of sp³-hybridized carbons (Fsp3) is 0.0909. The molecule has 0 aromatic heterocycles. The van der Waals surface area contributed by atoms with Crippen LogP contribution < -0.4 is 0 Å². The molecule has 0 amide bonds. The van der Waals surface area contributed by atoms with E-state index in [1.54, 1.807) is 0 Å². The summed E-state index contributed by atoms with van der Waals surface area (Å²) < 4.78 is 0. The molecule has 0 N–H and O–H groups in total. The van der Waals surface area contributed by atoms with Gasteiger partial charge in [-0.15, -0.1) is 0 Å². The fourth-order valence-electron chi connectivity index (χ4n) is 2.63. The normalized spacial score (nSPS) is 11.4. The maximum absolute atomic E-state index is 2.30. The van der Waals surface area contributed by atoms with E-state index in [2.05, 4.69) is 97.1 Å². The highest BCUT2D eigenvalue weighted by molar-refractivity contribution is 5.81. The third-order valence-electron chi connectivity index (χ3n) is 3.81. The number of benzene rings is 3. The molecule has 0 aliphatic heterocycles. The van der Waals surface area contributed by atoms with E-state index in [-0.39, 0.29) is 0 Å². The van der Waals surface area contributed by atoms with Crippen molar-refractivity contribution in [2.24, 2.45) is 0 Å². The zero-order valence-corrected chi connectivity index (χ0v) is 12.7. The van der Waals surface area contributed by atoms with E-state index >= 15 is 0 Å². The molecular formula is C22H20. The van der Waals surface area contributed by atoms with Gasteiger partial charge in [-0.2, -0.15) is 0 Å². The van der Waals surface area contributed by atoms with Crippen molar-refractivity contribution in [2.75, 3.05) is 0 Å². The molecule has 3 rings (SSSR count). The zero-order valence-electron chi connectivity index (χ0n) is 12.7. The molecular weight excluding hydrogens is 264 g/mol. The topological polar surface area (TPSA) is 0 Å². The van der Waals surface area contributed by atoms with Gasteiger partial charge in [0, 0.05) is 0 Å². The van der Waals surface area contributed by atoms with Crippen LogP contribution in [-0.2, 0) is 6.42 Å². The molecule has 0 unspecified atom stereocenters. The second kappa shape index (κ2) is 7.42. The summed E-state index contributed by atoms with van der Waals surface area (Å²) in [5.41, 5.74) is 5.34. The molecule has 0 fully saturated rings. The van der Waals surface area contributed by atoms with Gasteiger partial charge in [-0.25, -0.2) is 0 Å². The van der Waals surface area contributed by atoms with Crippen LogP contribution in [0.2, 0.25) is 0 Å². The van der Waals surface area contributed by atoms with Crippen molar-refractivity contribution < 1.29 is 0 Å².